The van der Waals surface area contributed by atoms with Crippen LogP contribution in [0.4, 0.5) is 0 Å². The Morgan fingerprint density at radius 3 is 0.654 bits per heavy atom. The van der Waals surface area contributed by atoms with Gasteiger partial charge in [0.2, 0.25) is 0 Å². The molecule has 17 nitrogen and oxygen atoms in total. The fourth-order valence-electron chi connectivity index (χ4n) is 13.2. The van der Waals surface area contributed by atoms with E-state index in [1.165, 1.54) is 257 Å². The minimum absolute atomic E-state index is 0.107. The maximum Gasteiger partial charge on any atom is 0.472 e. The molecule has 618 valence electrons. The minimum atomic E-state index is -4.97. The number of hydrogen-bond acceptors (Lipinski definition) is 15. The summed E-state index contributed by atoms with van der Waals surface area (Å²) in [6.07, 6.45) is 65.2. The second-order valence-corrected chi connectivity index (χ2v) is 34.9. The Kier molecular flexibility index (Phi) is 73.7. The number of carbonyl (C=O) groups excluding carboxylic acids is 4. The van der Waals surface area contributed by atoms with Crippen LogP contribution in [0.25, 0.3) is 0 Å². The molecule has 0 spiro atoms. The molecule has 2 unspecified atom stereocenters. The Hall–Kier alpha value is -1.94. The summed E-state index contributed by atoms with van der Waals surface area (Å²) >= 11 is 0. The molecular weight excluding hydrogens is 1350 g/mol. The van der Waals surface area contributed by atoms with Gasteiger partial charge in [-0.25, -0.2) is 9.13 Å². The van der Waals surface area contributed by atoms with Crippen molar-refractivity contribution in [3.63, 3.8) is 0 Å². The Bertz CT molecular complexity index is 2010. The normalized spacial score (nSPS) is 13.9. The number of aliphatic hydroxyl groups excluding tert-OH is 1. The second kappa shape index (κ2) is 75.1. The molecule has 0 aromatic carbocycles. The van der Waals surface area contributed by atoms with Crippen LogP contribution >= 0.6 is 15.6 Å². The molecule has 5 atom stereocenters. The van der Waals surface area contributed by atoms with Gasteiger partial charge in [0.25, 0.3) is 0 Å². The zero-order chi connectivity index (χ0) is 76.5. The lowest BCUT2D eigenvalue weighted by molar-refractivity contribution is -0.161. The molecule has 0 aliphatic carbocycles. The number of phosphoric acid groups is 2. The van der Waals surface area contributed by atoms with E-state index in [-0.39, 0.29) is 25.7 Å². The van der Waals surface area contributed by atoms with Crippen molar-refractivity contribution in [2.45, 2.75) is 465 Å². The van der Waals surface area contributed by atoms with Gasteiger partial charge in [-0.2, -0.15) is 0 Å². The van der Waals surface area contributed by atoms with Crippen molar-refractivity contribution in [2.75, 3.05) is 39.6 Å². The summed E-state index contributed by atoms with van der Waals surface area (Å²) in [6.45, 7) is 12.0. The molecule has 0 aromatic rings. The number of unbranched alkanes of at least 4 members (excludes halogenated alkanes) is 51. The van der Waals surface area contributed by atoms with Gasteiger partial charge in [0.05, 0.1) is 26.4 Å². The average Bonchev–Trinajstić information content (AvgIpc) is 0.920. The highest BCUT2D eigenvalue weighted by molar-refractivity contribution is 7.47. The first-order valence-corrected chi connectivity index (χ1v) is 46.8. The van der Waals surface area contributed by atoms with E-state index >= 15 is 0 Å². The van der Waals surface area contributed by atoms with Crippen molar-refractivity contribution in [1.29, 1.82) is 0 Å². The van der Waals surface area contributed by atoms with Crippen molar-refractivity contribution in [3.05, 3.63) is 0 Å². The summed E-state index contributed by atoms with van der Waals surface area (Å²) in [5.41, 5.74) is 0. The maximum absolute atomic E-state index is 13.1. The van der Waals surface area contributed by atoms with E-state index in [9.17, 15) is 43.2 Å². The molecule has 19 heteroatoms. The number of carbonyl (C=O) groups is 4. The molecule has 0 radical (unpaired) electrons. The first-order valence-electron chi connectivity index (χ1n) is 43.8. The fraction of sp³-hybridized carbons (Fsp3) is 0.953. The maximum atomic E-state index is 13.1. The second-order valence-electron chi connectivity index (χ2n) is 32.0. The van der Waals surface area contributed by atoms with Crippen molar-refractivity contribution in [2.24, 2.45) is 17.8 Å². The summed E-state index contributed by atoms with van der Waals surface area (Å²) in [5, 5.41) is 10.7. The van der Waals surface area contributed by atoms with Crippen LogP contribution in [0, 0.1) is 17.8 Å². The molecule has 0 rings (SSSR count). The van der Waals surface area contributed by atoms with Crippen LogP contribution in [0.3, 0.4) is 0 Å². The summed E-state index contributed by atoms with van der Waals surface area (Å²) in [4.78, 5) is 73.2. The predicted octanol–water partition coefficient (Wildman–Crippen LogP) is 25.7. The molecule has 0 heterocycles. The van der Waals surface area contributed by atoms with Crippen molar-refractivity contribution >= 4 is 39.5 Å². The largest absolute Gasteiger partial charge is 0.472 e. The smallest absolute Gasteiger partial charge is 0.462 e. The van der Waals surface area contributed by atoms with Gasteiger partial charge in [-0.3, -0.25) is 37.3 Å². The molecule has 104 heavy (non-hydrogen) atoms. The SMILES string of the molecule is CCCCCCCCCCCCCC(=O)OC[C@H](COP(=O)(O)OC[C@H](O)COP(=O)(O)OC[C@@H](COC(=O)CCCCCCCCCCCCCCCCC(C)C)OC(=O)CCCCCCCCCCCCCCCCCCCCC(C)C)OC(=O)CCCCCCCCCCCCCCC(C)C. The van der Waals surface area contributed by atoms with E-state index in [1.807, 2.05) is 0 Å². The first kappa shape index (κ1) is 102. The van der Waals surface area contributed by atoms with Gasteiger partial charge in [-0.1, -0.05) is 395 Å². The lowest BCUT2D eigenvalue weighted by Gasteiger charge is -2.21. The van der Waals surface area contributed by atoms with Gasteiger partial charge >= 0.3 is 39.5 Å². The van der Waals surface area contributed by atoms with Crippen LogP contribution in [0.1, 0.15) is 447 Å². The highest BCUT2D eigenvalue weighted by Gasteiger charge is 2.30. The molecule has 0 aliphatic rings. The Morgan fingerprint density at radius 2 is 0.442 bits per heavy atom. The zero-order valence-corrected chi connectivity index (χ0v) is 70.3. The zero-order valence-electron chi connectivity index (χ0n) is 68.5. The molecule has 0 amide bonds. The Balaban J connectivity index is 5.24. The molecule has 0 bridgehead atoms. The van der Waals surface area contributed by atoms with Crippen LogP contribution < -0.4 is 0 Å². The third kappa shape index (κ3) is 78.2. The minimum Gasteiger partial charge on any atom is -0.462 e. The van der Waals surface area contributed by atoms with Crippen LogP contribution in [0.15, 0.2) is 0 Å². The third-order valence-corrected chi connectivity index (χ3v) is 21.8. The molecule has 0 saturated carbocycles. The van der Waals surface area contributed by atoms with E-state index in [4.69, 9.17) is 37.0 Å². The number of ether oxygens (including phenoxy) is 4. The molecule has 0 fully saturated rings. The van der Waals surface area contributed by atoms with E-state index in [0.29, 0.717) is 25.7 Å². The first-order chi connectivity index (χ1) is 50.2. The van der Waals surface area contributed by atoms with Crippen molar-refractivity contribution in [1.82, 2.24) is 0 Å². The van der Waals surface area contributed by atoms with E-state index in [0.717, 1.165) is 108 Å². The fourth-order valence-corrected chi connectivity index (χ4v) is 14.8. The summed E-state index contributed by atoms with van der Waals surface area (Å²) in [7, 11) is -9.93. The van der Waals surface area contributed by atoms with Gasteiger partial charge < -0.3 is 33.8 Å². The summed E-state index contributed by atoms with van der Waals surface area (Å²) in [6, 6.07) is 0. The van der Waals surface area contributed by atoms with Gasteiger partial charge in [-0.05, 0) is 43.4 Å². The van der Waals surface area contributed by atoms with Gasteiger partial charge in [-0.15, -0.1) is 0 Å². The monoisotopic (exact) mass is 1520 g/mol. The van der Waals surface area contributed by atoms with Gasteiger partial charge in [0.1, 0.15) is 19.3 Å². The van der Waals surface area contributed by atoms with Gasteiger partial charge in [0.15, 0.2) is 12.2 Å². The summed E-state index contributed by atoms with van der Waals surface area (Å²) < 4.78 is 68.9. The van der Waals surface area contributed by atoms with E-state index in [1.54, 1.807) is 0 Å². The number of phosphoric ester groups is 2. The highest BCUT2D eigenvalue weighted by atomic mass is 31.2. The van der Waals surface area contributed by atoms with E-state index in [2.05, 4.69) is 48.5 Å². The Labute approximate surface area is 638 Å². The molecule has 0 saturated heterocycles. The lowest BCUT2D eigenvalue weighted by atomic mass is 10.0. The van der Waals surface area contributed by atoms with E-state index < -0.39 is 97.5 Å². The quantitative estimate of drug-likeness (QED) is 0.0222. The van der Waals surface area contributed by atoms with Crippen LogP contribution in [0.2, 0.25) is 0 Å². The van der Waals surface area contributed by atoms with Crippen LogP contribution in [-0.2, 0) is 65.4 Å². The molecule has 0 aromatic heterocycles. The Morgan fingerprint density at radius 1 is 0.260 bits per heavy atom. The van der Waals surface area contributed by atoms with Crippen molar-refractivity contribution < 1.29 is 80.2 Å². The topological polar surface area (TPSA) is 237 Å². The summed E-state index contributed by atoms with van der Waals surface area (Å²) in [5.74, 6) is 0.292. The van der Waals surface area contributed by atoms with Crippen molar-refractivity contribution in [3.8, 4) is 0 Å². The lowest BCUT2D eigenvalue weighted by Crippen LogP contribution is -2.30. The number of hydrogen-bond donors (Lipinski definition) is 3. The number of rotatable bonds is 83. The third-order valence-electron chi connectivity index (χ3n) is 19.9. The number of aliphatic hydroxyl groups is 1. The molecule has 3 N–H and O–H groups in total. The van der Waals surface area contributed by atoms with Gasteiger partial charge in [0, 0.05) is 25.7 Å². The predicted molar refractivity (Wildman–Crippen MR) is 428 cm³/mol. The molecular formula is C85H166O17P2. The standard InChI is InChI=1S/C85H166O17P2/c1-8-9-10-11-12-13-28-38-45-52-59-66-82(87)95-72-80(102-85(90)69-62-55-48-41-34-27-26-31-37-44-51-58-65-78(6)7)74-99-103(91,92)97-70-79(86)71-98-104(93,94)100-75-81(73-96-83(88)67-60-53-46-39-32-24-21-20-23-30-36-43-50-57-64-77(4)5)101-84(89)68-61-54-47-40-33-25-19-17-15-14-16-18-22-29-35-42-49-56-63-76(2)3/h76-81,86H,8-75H2,1-7H3,(H,91,92)(H,93,94)/t79-,80+,81+/m0/s1. The average molecular weight is 1520 g/mol. The van der Waals surface area contributed by atoms with Crippen LogP contribution in [-0.4, -0.2) is 96.7 Å². The highest BCUT2D eigenvalue weighted by Crippen LogP contribution is 2.45. The molecule has 0 aliphatic heterocycles. The number of esters is 4. The van der Waals surface area contributed by atoms with Crippen LogP contribution in [0.5, 0.6) is 0 Å².